The van der Waals surface area contributed by atoms with E-state index in [4.69, 9.17) is 9.15 Å². The van der Waals surface area contributed by atoms with E-state index in [9.17, 15) is 4.79 Å². The van der Waals surface area contributed by atoms with Crippen molar-refractivity contribution in [3.05, 3.63) is 68.8 Å². The molecule has 0 unspecified atom stereocenters. The lowest BCUT2D eigenvalue weighted by Gasteiger charge is -2.02. The van der Waals surface area contributed by atoms with Crippen LogP contribution in [0.4, 0.5) is 0 Å². The van der Waals surface area contributed by atoms with E-state index in [2.05, 4.69) is 20.9 Å². The molecule has 4 nitrogen and oxygen atoms in total. The summed E-state index contributed by atoms with van der Waals surface area (Å²) >= 11 is 3.33. The molecule has 5 heteroatoms. The molecule has 116 valence electrons. The first kappa shape index (κ1) is 15.5. The molecule has 0 radical (unpaired) electrons. The highest BCUT2D eigenvalue weighted by Crippen LogP contribution is 2.17. The summed E-state index contributed by atoms with van der Waals surface area (Å²) in [4.78, 5) is 16.3. The summed E-state index contributed by atoms with van der Waals surface area (Å²) in [5.41, 5.74) is 1.17. The van der Waals surface area contributed by atoms with Gasteiger partial charge in [0.15, 0.2) is 0 Å². The highest BCUT2D eigenvalue weighted by Gasteiger charge is 2.04. The van der Waals surface area contributed by atoms with Crippen molar-refractivity contribution in [3.63, 3.8) is 0 Å². The van der Waals surface area contributed by atoms with Gasteiger partial charge in [0, 0.05) is 10.5 Å². The zero-order valence-corrected chi connectivity index (χ0v) is 14.0. The predicted molar refractivity (Wildman–Crippen MR) is 94.5 cm³/mol. The lowest BCUT2D eigenvalue weighted by molar-refractivity contribution is 0.340. The molecule has 2 aromatic carbocycles. The fraction of sp³-hybridized carbons (Fsp3) is 0.111. The molecule has 0 saturated carbocycles. The summed E-state index contributed by atoms with van der Waals surface area (Å²) in [6.45, 7) is 2.58. The topological polar surface area (TPSA) is 52.3 Å². The third-order valence-electron chi connectivity index (χ3n) is 3.22. The van der Waals surface area contributed by atoms with Gasteiger partial charge in [0.25, 0.3) is 0 Å². The Hall–Kier alpha value is -2.40. The number of rotatable bonds is 4. The van der Waals surface area contributed by atoms with Crippen LogP contribution in [0, 0.1) is 0 Å². The van der Waals surface area contributed by atoms with Crippen molar-refractivity contribution in [3.8, 4) is 5.75 Å². The molecule has 3 aromatic rings. The van der Waals surface area contributed by atoms with Gasteiger partial charge in [-0.2, -0.15) is 0 Å². The van der Waals surface area contributed by atoms with Crippen molar-refractivity contribution in [1.82, 2.24) is 4.98 Å². The van der Waals surface area contributed by atoms with Crippen LogP contribution in [0.5, 0.6) is 5.75 Å². The molecule has 1 heterocycles. The number of halogens is 1. The Labute approximate surface area is 141 Å². The van der Waals surface area contributed by atoms with Crippen LogP contribution < -0.4 is 10.4 Å². The van der Waals surface area contributed by atoms with Gasteiger partial charge in [-0.1, -0.05) is 28.1 Å². The van der Waals surface area contributed by atoms with E-state index in [1.54, 1.807) is 18.2 Å². The van der Waals surface area contributed by atoms with Gasteiger partial charge in [-0.05, 0) is 48.9 Å². The van der Waals surface area contributed by atoms with E-state index in [1.165, 1.54) is 0 Å². The molecule has 23 heavy (non-hydrogen) atoms. The summed E-state index contributed by atoms with van der Waals surface area (Å²) in [5.74, 6) is 1.10. The molecule has 3 rings (SSSR count). The van der Waals surface area contributed by atoms with Gasteiger partial charge in [0.2, 0.25) is 5.89 Å². The van der Waals surface area contributed by atoms with E-state index < -0.39 is 5.63 Å². The van der Waals surface area contributed by atoms with Gasteiger partial charge in [-0.25, -0.2) is 9.78 Å². The number of ether oxygens (including phenoxy) is 1. The maximum absolute atomic E-state index is 12.0. The number of benzene rings is 2. The van der Waals surface area contributed by atoms with Crippen LogP contribution >= 0.6 is 15.9 Å². The number of hydrogen-bond acceptors (Lipinski definition) is 4. The number of fused-ring (bicyclic) bond motifs is 1. The maximum Gasteiger partial charge on any atom is 0.347 e. The Balaban J connectivity index is 1.88. The van der Waals surface area contributed by atoms with Crippen LogP contribution in [-0.2, 0) is 0 Å². The molecule has 0 aliphatic heterocycles. The Morgan fingerprint density at radius 1 is 1.17 bits per heavy atom. The molecule has 0 atom stereocenters. The van der Waals surface area contributed by atoms with E-state index in [-0.39, 0.29) is 5.89 Å². The monoisotopic (exact) mass is 371 g/mol. The lowest BCUT2D eigenvalue weighted by Crippen LogP contribution is -2.02. The van der Waals surface area contributed by atoms with Crippen molar-refractivity contribution in [2.75, 3.05) is 6.61 Å². The van der Waals surface area contributed by atoms with Gasteiger partial charge in [0.05, 0.1) is 17.5 Å². The third-order valence-corrected chi connectivity index (χ3v) is 3.71. The smallest absolute Gasteiger partial charge is 0.347 e. The van der Waals surface area contributed by atoms with Crippen molar-refractivity contribution in [1.29, 1.82) is 0 Å². The second kappa shape index (κ2) is 6.79. The zero-order valence-electron chi connectivity index (χ0n) is 12.5. The molecule has 0 N–H and O–H groups in total. The SMILES string of the molecule is CCOc1ccc(/C=C/c2nc3ccc(Br)cc3c(=O)o2)cc1. The van der Waals surface area contributed by atoms with E-state index in [1.807, 2.05) is 43.3 Å². The highest BCUT2D eigenvalue weighted by atomic mass is 79.9. The first-order chi connectivity index (χ1) is 11.2. The summed E-state index contributed by atoms with van der Waals surface area (Å²) in [6.07, 6.45) is 3.52. The molecule has 0 aliphatic rings. The molecule has 0 fully saturated rings. The van der Waals surface area contributed by atoms with Crippen LogP contribution in [0.3, 0.4) is 0 Å². The Morgan fingerprint density at radius 2 is 1.96 bits per heavy atom. The number of nitrogens with zero attached hydrogens (tertiary/aromatic N) is 1. The molecule has 0 aliphatic carbocycles. The average Bonchev–Trinajstić information content (AvgIpc) is 2.55. The molecule has 0 saturated heterocycles. The fourth-order valence-electron chi connectivity index (χ4n) is 2.14. The number of hydrogen-bond donors (Lipinski definition) is 0. The van der Waals surface area contributed by atoms with Crippen molar-refractivity contribution in [2.45, 2.75) is 6.92 Å². The average molecular weight is 372 g/mol. The Bertz CT molecular complexity index is 914. The molecular weight excluding hydrogens is 358 g/mol. The second-order valence-electron chi connectivity index (χ2n) is 4.84. The fourth-order valence-corrected chi connectivity index (χ4v) is 2.50. The van der Waals surface area contributed by atoms with Gasteiger partial charge in [0.1, 0.15) is 5.75 Å². The lowest BCUT2D eigenvalue weighted by atomic mass is 10.2. The first-order valence-electron chi connectivity index (χ1n) is 7.17. The minimum atomic E-state index is -0.400. The molecular formula is C18H14BrNO3. The van der Waals surface area contributed by atoms with Crippen LogP contribution in [0.1, 0.15) is 18.4 Å². The second-order valence-corrected chi connectivity index (χ2v) is 5.75. The largest absolute Gasteiger partial charge is 0.494 e. The molecule has 1 aromatic heterocycles. The van der Waals surface area contributed by atoms with Crippen LogP contribution in [0.25, 0.3) is 23.1 Å². The first-order valence-corrected chi connectivity index (χ1v) is 7.96. The summed E-state index contributed by atoms with van der Waals surface area (Å²) < 4.78 is 11.4. The summed E-state index contributed by atoms with van der Waals surface area (Å²) in [6, 6.07) is 13.0. The van der Waals surface area contributed by atoms with Gasteiger partial charge in [-0.15, -0.1) is 0 Å². The predicted octanol–water partition coefficient (Wildman–Crippen LogP) is 4.52. The highest BCUT2D eigenvalue weighted by molar-refractivity contribution is 9.10. The molecule has 0 spiro atoms. The van der Waals surface area contributed by atoms with Crippen molar-refractivity contribution in [2.24, 2.45) is 0 Å². The quantitative estimate of drug-likeness (QED) is 0.676. The minimum Gasteiger partial charge on any atom is -0.494 e. The third kappa shape index (κ3) is 3.68. The van der Waals surface area contributed by atoms with Crippen molar-refractivity contribution < 1.29 is 9.15 Å². The van der Waals surface area contributed by atoms with E-state index in [0.717, 1.165) is 15.8 Å². The van der Waals surface area contributed by atoms with Crippen LogP contribution in [-0.4, -0.2) is 11.6 Å². The minimum absolute atomic E-state index is 0.277. The van der Waals surface area contributed by atoms with E-state index >= 15 is 0 Å². The van der Waals surface area contributed by atoms with Crippen LogP contribution in [0.2, 0.25) is 0 Å². The van der Waals surface area contributed by atoms with Gasteiger partial charge < -0.3 is 9.15 Å². The number of aromatic nitrogens is 1. The maximum atomic E-state index is 12.0. The van der Waals surface area contributed by atoms with E-state index in [0.29, 0.717) is 17.5 Å². The summed E-state index contributed by atoms with van der Waals surface area (Å²) in [5, 5.41) is 0.456. The van der Waals surface area contributed by atoms with Crippen LogP contribution in [0.15, 0.2) is 56.1 Å². The summed E-state index contributed by atoms with van der Waals surface area (Å²) in [7, 11) is 0. The van der Waals surface area contributed by atoms with Gasteiger partial charge in [-0.3, -0.25) is 0 Å². The standard InChI is InChI=1S/C18H14BrNO3/c1-2-22-14-7-3-12(4-8-14)5-10-17-20-16-9-6-13(19)11-15(16)18(21)23-17/h3-11H,2H2,1H3/b10-5+. The molecule has 0 bridgehead atoms. The molecule has 0 amide bonds. The van der Waals surface area contributed by atoms with Gasteiger partial charge >= 0.3 is 5.63 Å². The Kier molecular flexibility index (Phi) is 4.57. The normalized spacial score (nSPS) is 11.2. The zero-order chi connectivity index (χ0) is 16.2. The Morgan fingerprint density at radius 3 is 2.70 bits per heavy atom. The van der Waals surface area contributed by atoms with Crippen molar-refractivity contribution >= 4 is 39.0 Å².